The van der Waals surface area contributed by atoms with E-state index in [9.17, 15) is 14.4 Å². The van der Waals surface area contributed by atoms with Crippen molar-refractivity contribution in [1.82, 2.24) is 0 Å². The molecule has 1 aliphatic heterocycles. The van der Waals surface area contributed by atoms with Gasteiger partial charge in [0.15, 0.2) is 0 Å². The monoisotopic (exact) mass is 388 g/mol. The lowest BCUT2D eigenvalue weighted by Crippen LogP contribution is -2.21. The summed E-state index contributed by atoms with van der Waals surface area (Å²) >= 11 is 0. The van der Waals surface area contributed by atoms with Gasteiger partial charge in [0.2, 0.25) is 0 Å². The highest BCUT2D eigenvalue weighted by atomic mass is 16.4. The van der Waals surface area contributed by atoms with E-state index in [0.29, 0.717) is 17.0 Å². The summed E-state index contributed by atoms with van der Waals surface area (Å²) in [7, 11) is 0. The molecule has 2 aromatic carbocycles. The number of carboxylic acid groups (broad SMARTS) is 1. The van der Waals surface area contributed by atoms with Crippen LogP contribution in [0.5, 0.6) is 0 Å². The third-order valence-corrected chi connectivity index (χ3v) is 4.64. The van der Waals surface area contributed by atoms with E-state index in [4.69, 9.17) is 9.52 Å². The van der Waals surface area contributed by atoms with Gasteiger partial charge in [-0.05, 0) is 61.9 Å². The molecule has 0 bridgehead atoms. The second-order valence-corrected chi connectivity index (χ2v) is 6.74. The molecule has 0 saturated heterocycles. The van der Waals surface area contributed by atoms with Crippen LogP contribution in [0.1, 0.15) is 28.4 Å². The fraction of sp³-hybridized carbons (Fsp3) is 0.0909. The van der Waals surface area contributed by atoms with Gasteiger partial charge in [-0.1, -0.05) is 12.1 Å². The largest absolute Gasteiger partial charge is 0.478 e. The number of hydrogen-bond acceptors (Lipinski definition) is 5. The SMILES string of the molecule is CC1=NN(c2ccc(C(=O)O)cc2)C(=O)C1=Cc1cc2ccc(C)cc2oc1=O. The van der Waals surface area contributed by atoms with Crippen LogP contribution in [0.25, 0.3) is 17.0 Å². The van der Waals surface area contributed by atoms with Crippen LogP contribution in [0.4, 0.5) is 5.69 Å². The molecular weight excluding hydrogens is 372 g/mol. The second kappa shape index (κ2) is 6.87. The van der Waals surface area contributed by atoms with Gasteiger partial charge in [-0.2, -0.15) is 10.1 Å². The highest BCUT2D eigenvalue weighted by molar-refractivity contribution is 6.32. The third kappa shape index (κ3) is 3.34. The summed E-state index contributed by atoms with van der Waals surface area (Å²) in [5.41, 5.74) is 2.44. The summed E-state index contributed by atoms with van der Waals surface area (Å²) in [6.07, 6.45) is 1.47. The van der Waals surface area contributed by atoms with Gasteiger partial charge in [0, 0.05) is 5.39 Å². The molecule has 0 unspecified atom stereocenters. The van der Waals surface area contributed by atoms with Crippen LogP contribution < -0.4 is 10.6 Å². The number of aromatic carboxylic acids is 1. The number of carboxylic acids is 1. The van der Waals surface area contributed by atoms with Crippen molar-refractivity contribution in [3.63, 3.8) is 0 Å². The van der Waals surface area contributed by atoms with Crippen molar-refractivity contribution in [1.29, 1.82) is 0 Å². The van der Waals surface area contributed by atoms with Crippen molar-refractivity contribution < 1.29 is 19.1 Å². The number of hydrogen-bond donors (Lipinski definition) is 1. The van der Waals surface area contributed by atoms with E-state index in [0.717, 1.165) is 10.9 Å². The number of rotatable bonds is 3. The lowest BCUT2D eigenvalue weighted by molar-refractivity contribution is -0.114. The average Bonchev–Trinajstić information content (AvgIpc) is 2.97. The van der Waals surface area contributed by atoms with Crippen LogP contribution in [-0.4, -0.2) is 22.7 Å². The van der Waals surface area contributed by atoms with Crippen molar-refractivity contribution in [3.05, 3.63) is 81.2 Å². The van der Waals surface area contributed by atoms with Gasteiger partial charge in [-0.25, -0.2) is 9.59 Å². The fourth-order valence-corrected chi connectivity index (χ4v) is 3.10. The van der Waals surface area contributed by atoms with E-state index < -0.39 is 17.5 Å². The molecule has 0 atom stereocenters. The zero-order valence-electron chi connectivity index (χ0n) is 15.7. The second-order valence-electron chi connectivity index (χ2n) is 6.74. The highest BCUT2D eigenvalue weighted by Gasteiger charge is 2.29. The molecule has 1 aromatic heterocycles. The van der Waals surface area contributed by atoms with Gasteiger partial charge >= 0.3 is 11.6 Å². The first-order valence-electron chi connectivity index (χ1n) is 8.83. The lowest BCUT2D eigenvalue weighted by atomic mass is 10.1. The number of nitrogens with zero attached hydrogens (tertiary/aromatic N) is 2. The third-order valence-electron chi connectivity index (χ3n) is 4.64. The summed E-state index contributed by atoms with van der Waals surface area (Å²) in [5.74, 6) is -1.46. The smallest absolute Gasteiger partial charge is 0.343 e. The Balaban J connectivity index is 1.71. The first-order chi connectivity index (χ1) is 13.8. The van der Waals surface area contributed by atoms with Crippen LogP contribution in [0.15, 0.2) is 68.4 Å². The minimum atomic E-state index is -1.05. The van der Waals surface area contributed by atoms with Crippen LogP contribution in [0.3, 0.4) is 0 Å². The molecule has 3 aromatic rings. The minimum absolute atomic E-state index is 0.112. The Morgan fingerprint density at radius 2 is 1.79 bits per heavy atom. The molecule has 1 amide bonds. The van der Waals surface area contributed by atoms with Crippen LogP contribution >= 0.6 is 0 Å². The Kier molecular flexibility index (Phi) is 4.35. The minimum Gasteiger partial charge on any atom is -0.478 e. The van der Waals surface area contributed by atoms with Crippen molar-refractivity contribution in [2.75, 3.05) is 5.01 Å². The Labute approximate surface area is 165 Å². The molecule has 7 nitrogen and oxygen atoms in total. The quantitative estimate of drug-likeness (QED) is 0.546. The van der Waals surface area contributed by atoms with Crippen LogP contribution in [0.2, 0.25) is 0 Å². The summed E-state index contributed by atoms with van der Waals surface area (Å²) in [4.78, 5) is 36.2. The summed E-state index contributed by atoms with van der Waals surface area (Å²) < 4.78 is 5.38. The van der Waals surface area contributed by atoms with Gasteiger partial charge in [0.1, 0.15) is 5.58 Å². The maximum atomic E-state index is 12.9. The topological polar surface area (TPSA) is 100 Å². The molecule has 0 fully saturated rings. The maximum Gasteiger partial charge on any atom is 0.343 e. The zero-order valence-corrected chi connectivity index (χ0v) is 15.7. The molecule has 0 aliphatic carbocycles. The van der Waals surface area contributed by atoms with Crippen molar-refractivity contribution >= 4 is 40.3 Å². The van der Waals surface area contributed by atoms with Gasteiger partial charge < -0.3 is 9.52 Å². The van der Waals surface area contributed by atoms with Gasteiger partial charge in [0.25, 0.3) is 5.91 Å². The first kappa shape index (κ1) is 18.4. The number of carbonyl (C=O) groups is 2. The molecule has 1 N–H and O–H groups in total. The van der Waals surface area contributed by atoms with E-state index in [2.05, 4.69) is 5.10 Å². The predicted molar refractivity (Wildman–Crippen MR) is 109 cm³/mol. The summed E-state index contributed by atoms with van der Waals surface area (Å²) in [5, 5.41) is 15.2. The molecule has 4 rings (SSSR count). The lowest BCUT2D eigenvalue weighted by Gasteiger charge is -2.11. The number of amides is 1. The van der Waals surface area contributed by atoms with Crippen LogP contribution in [-0.2, 0) is 4.79 Å². The number of carbonyl (C=O) groups excluding carboxylic acids is 1. The number of benzene rings is 2. The number of aryl methyl sites for hydroxylation is 1. The fourth-order valence-electron chi connectivity index (χ4n) is 3.10. The van der Waals surface area contributed by atoms with E-state index >= 15 is 0 Å². The molecule has 2 heterocycles. The Morgan fingerprint density at radius 3 is 2.48 bits per heavy atom. The number of hydrazone groups is 1. The molecule has 1 aliphatic rings. The standard InChI is InChI=1S/C22H16N2O5/c1-12-3-4-15-10-16(22(28)29-19(15)9-12)11-18-13(2)23-24(20(18)25)17-7-5-14(6-8-17)21(26)27/h3-11H,1-2H3,(H,26,27). The molecule has 7 heteroatoms. The summed E-state index contributed by atoms with van der Waals surface area (Å²) in [6, 6.07) is 13.0. The Hall–Kier alpha value is -4.00. The maximum absolute atomic E-state index is 12.9. The van der Waals surface area contributed by atoms with Gasteiger partial charge in [0.05, 0.1) is 28.1 Å². The summed E-state index contributed by atoms with van der Waals surface area (Å²) in [6.45, 7) is 3.57. The predicted octanol–water partition coefficient (Wildman–Crippen LogP) is 3.61. The zero-order chi connectivity index (χ0) is 20.7. The van der Waals surface area contributed by atoms with Gasteiger partial charge in [-0.15, -0.1) is 0 Å². The average molecular weight is 388 g/mol. The highest BCUT2D eigenvalue weighted by Crippen LogP contribution is 2.25. The molecule has 0 saturated carbocycles. The molecule has 29 heavy (non-hydrogen) atoms. The van der Waals surface area contributed by atoms with E-state index in [1.165, 1.54) is 35.4 Å². The normalized spacial score (nSPS) is 15.2. The van der Waals surface area contributed by atoms with Crippen molar-refractivity contribution in [3.8, 4) is 0 Å². The molecule has 144 valence electrons. The molecule has 0 spiro atoms. The molecular formula is C22H16N2O5. The molecule has 0 radical (unpaired) electrons. The Morgan fingerprint density at radius 1 is 1.07 bits per heavy atom. The van der Waals surface area contributed by atoms with E-state index in [1.807, 2.05) is 19.1 Å². The van der Waals surface area contributed by atoms with Crippen molar-refractivity contribution in [2.45, 2.75) is 13.8 Å². The van der Waals surface area contributed by atoms with E-state index in [-0.39, 0.29) is 16.7 Å². The Bertz CT molecular complexity index is 1280. The number of anilines is 1. The number of fused-ring (bicyclic) bond motifs is 1. The van der Waals surface area contributed by atoms with Crippen LogP contribution in [0, 0.1) is 6.92 Å². The van der Waals surface area contributed by atoms with Crippen molar-refractivity contribution in [2.24, 2.45) is 5.10 Å². The first-order valence-corrected chi connectivity index (χ1v) is 8.83. The van der Waals surface area contributed by atoms with E-state index in [1.54, 1.807) is 19.1 Å². The van der Waals surface area contributed by atoms with Gasteiger partial charge in [-0.3, -0.25) is 4.79 Å².